The van der Waals surface area contributed by atoms with Crippen LogP contribution in [0, 0.1) is 0 Å². The summed E-state index contributed by atoms with van der Waals surface area (Å²) in [6.07, 6.45) is 4.89. The van der Waals surface area contributed by atoms with E-state index in [9.17, 15) is 0 Å². The maximum atomic E-state index is 9.05. The van der Waals surface area contributed by atoms with Gasteiger partial charge in [0, 0.05) is 24.1 Å². The highest BCUT2D eigenvalue weighted by molar-refractivity contribution is 7.09. The molecular formula is C9H16N4OS. The molecular weight excluding hydrogens is 212 g/mol. The molecule has 5 nitrogen and oxygen atoms in total. The lowest BCUT2D eigenvalue weighted by Gasteiger charge is -2.27. The summed E-state index contributed by atoms with van der Waals surface area (Å²) in [5, 5.41) is 9.89. The minimum Gasteiger partial charge on any atom is -0.395 e. The van der Waals surface area contributed by atoms with E-state index in [2.05, 4.69) is 14.3 Å². The summed E-state index contributed by atoms with van der Waals surface area (Å²) in [6.45, 7) is 0.773. The number of nitrogens with zero attached hydrogens (tertiary/aromatic N) is 3. The molecule has 0 saturated heterocycles. The molecule has 15 heavy (non-hydrogen) atoms. The van der Waals surface area contributed by atoms with Crippen molar-refractivity contribution in [2.24, 2.45) is 0 Å². The SMILES string of the molecule is Nc1nsc(N(CCO)C2CCCC2)n1. The number of rotatable bonds is 4. The molecule has 0 amide bonds. The van der Waals surface area contributed by atoms with Crippen LogP contribution in [-0.4, -0.2) is 33.7 Å². The van der Waals surface area contributed by atoms with Crippen molar-refractivity contribution in [3.63, 3.8) is 0 Å². The van der Waals surface area contributed by atoms with E-state index in [0.29, 0.717) is 18.5 Å². The maximum Gasteiger partial charge on any atom is 0.233 e. The molecule has 0 spiro atoms. The van der Waals surface area contributed by atoms with E-state index >= 15 is 0 Å². The van der Waals surface area contributed by atoms with Gasteiger partial charge >= 0.3 is 0 Å². The molecule has 0 unspecified atom stereocenters. The van der Waals surface area contributed by atoms with Crippen LogP contribution in [0.25, 0.3) is 0 Å². The van der Waals surface area contributed by atoms with Gasteiger partial charge in [0.05, 0.1) is 6.61 Å². The summed E-state index contributed by atoms with van der Waals surface area (Å²) < 4.78 is 3.98. The summed E-state index contributed by atoms with van der Waals surface area (Å²) in [6, 6.07) is 0.504. The molecule has 6 heteroatoms. The second-order valence-electron chi connectivity index (χ2n) is 3.79. The predicted octanol–water partition coefficient (Wildman–Crippen LogP) is 0.862. The van der Waals surface area contributed by atoms with E-state index in [-0.39, 0.29) is 6.61 Å². The Bertz CT molecular complexity index is 311. The molecule has 1 fully saturated rings. The van der Waals surface area contributed by atoms with Crippen molar-refractivity contribution in [1.82, 2.24) is 9.36 Å². The Kier molecular flexibility index (Phi) is 3.37. The van der Waals surface area contributed by atoms with Crippen LogP contribution < -0.4 is 10.6 Å². The number of nitrogens with two attached hydrogens (primary N) is 1. The highest BCUT2D eigenvalue weighted by Crippen LogP contribution is 2.29. The molecule has 1 aliphatic rings. The summed E-state index contributed by atoms with van der Waals surface area (Å²) in [5.41, 5.74) is 5.51. The van der Waals surface area contributed by atoms with Gasteiger partial charge in [0.15, 0.2) is 0 Å². The first-order chi connectivity index (χ1) is 7.31. The molecule has 1 aliphatic carbocycles. The average molecular weight is 228 g/mol. The second kappa shape index (κ2) is 4.76. The highest BCUT2D eigenvalue weighted by atomic mass is 32.1. The van der Waals surface area contributed by atoms with Gasteiger partial charge in [-0.3, -0.25) is 0 Å². The van der Waals surface area contributed by atoms with Crippen LogP contribution >= 0.6 is 11.5 Å². The molecule has 0 atom stereocenters. The number of anilines is 2. The summed E-state index contributed by atoms with van der Waals surface area (Å²) in [5.74, 6) is 0.330. The van der Waals surface area contributed by atoms with Crippen LogP contribution in [0.2, 0.25) is 0 Å². The minimum absolute atomic E-state index is 0.149. The third-order valence-electron chi connectivity index (χ3n) is 2.78. The van der Waals surface area contributed by atoms with E-state index in [4.69, 9.17) is 10.8 Å². The number of aliphatic hydroxyl groups excluding tert-OH is 1. The van der Waals surface area contributed by atoms with E-state index < -0.39 is 0 Å². The van der Waals surface area contributed by atoms with Gasteiger partial charge in [-0.15, -0.1) is 0 Å². The smallest absolute Gasteiger partial charge is 0.233 e. The van der Waals surface area contributed by atoms with Crippen molar-refractivity contribution in [2.45, 2.75) is 31.7 Å². The van der Waals surface area contributed by atoms with E-state index in [1.54, 1.807) is 0 Å². The van der Waals surface area contributed by atoms with Crippen molar-refractivity contribution in [1.29, 1.82) is 0 Å². The molecule has 1 heterocycles. The average Bonchev–Trinajstić information content (AvgIpc) is 2.85. The molecule has 0 bridgehead atoms. The molecule has 0 radical (unpaired) electrons. The van der Waals surface area contributed by atoms with Crippen molar-refractivity contribution >= 4 is 22.6 Å². The van der Waals surface area contributed by atoms with Crippen LogP contribution in [0.15, 0.2) is 0 Å². The molecule has 0 aliphatic heterocycles. The fourth-order valence-electron chi connectivity index (χ4n) is 2.10. The highest BCUT2D eigenvalue weighted by Gasteiger charge is 2.24. The van der Waals surface area contributed by atoms with Crippen LogP contribution in [0.4, 0.5) is 11.1 Å². The van der Waals surface area contributed by atoms with E-state index in [0.717, 1.165) is 5.13 Å². The third kappa shape index (κ3) is 2.38. The molecule has 2 rings (SSSR count). The number of hydrogen-bond donors (Lipinski definition) is 2. The summed E-state index contributed by atoms with van der Waals surface area (Å²) in [4.78, 5) is 6.31. The third-order valence-corrected chi connectivity index (χ3v) is 3.55. The summed E-state index contributed by atoms with van der Waals surface area (Å²) in [7, 11) is 0. The lowest BCUT2D eigenvalue weighted by Crippen LogP contribution is -2.35. The Balaban J connectivity index is 2.11. The Labute approximate surface area is 93.1 Å². The Morgan fingerprint density at radius 1 is 1.47 bits per heavy atom. The van der Waals surface area contributed by atoms with Gasteiger partial charge in [-0.25, -0.2) is 0 Å². The number of hydrogen-bond acceptors (Lipinski definition) is 6. The Morgan fingerprint density at radius 3 is 2.73 bits per heavy atom. The molecule has 1 aromatic rings. The fourth-order valence-corrected chi connectivity index (χ4v) is 2.80. The van der Waals surface area contributed by atoms with E-state index in [1.165, 1.54) is 37.2 Å². The van der Waals surface area contributed by atoms with Gasteiger partial charge in [0.25, 0.3) is 0 Å². The first-order valence-corrected chi connectivity index (χ1v) is 6.05. The fraction of sp³-hybridized carbons (Fsp3) is 0.778. The molecule has 84 valence electrons. The maximum absolute atomic E-state index is 9.05. The lowest BCUT2D eigenvalue weighted by atomic mass is 10.2. The van der Waals surface area contributed by atoms with Gasteiger partial charge in [-0.1, -0.05) is 12.8 Å². The standard InChI is InChI=1S/C9H16N4OS/c10-8-11-9(15-12-8)13(5-6-14)7-3-1-2-4-7/h7,14H,1-6H2,(H2,10,12). The number of aromatic nitrogens is 2. The van der Waals surface area contributed by atoms with Crippen molar-refractivity contribution in [3.8, 4) is 0 Å². The quantitative estimate of drug-likeness (QED) is 0.799. The van der Waals surface area contributed by atoms with Gasteiger partial charge in [-0.05, 0) is 12.8 Å². The van der Waals surface area contributed by atoms with E-state index in [1.807, 2.05) is 0 Å². The van der Waals surface area contributed by atoms with Gasteiger partial charge in [0.2, 0.25) is 11.1 Å². The summed E-state index contributed by atoms with van der Waals surface area (Å²) >= 11 is 1.31. The topological polar surface area (TPSA) is 75.3 Å². The van der Waals surface area contributed by atoms with Gasteiger partial charge in [-0.2, -0.15) is 9.36 Å². The van der Waals surface area contributed by atoms with Crippen LogP contribution in [0.5, 0.6) is 0 Å². The molecule has 1 aromatic heterocycles. The monoisotopic (exact) mass is 228 g/mol. The minimum atomic E-state index is 0.149. The van der Waals surface area contributed by atoms with Crippen molar-refractivity contribution in [3.05, 3.63) is 0 Å². The number of nitrogen functional groups attached to an aromatic ring is 1. The largest absolute Gasteiger partial charge is 0.395 e. The normalized spacial score (nSPS) is 17.1. The first kappa shape index (κ1) is 10.6. The second-order valence-corrected chi connectivity index (χ2v) is 4.52. The molecule has 1 saturated carbocycles. The molecule has 3 N–H and O–H groups in total. The van der Waals surface area contributed by atoms with Crippen LogP contribution in [0.1, 0.15) is 25.7 Å². The zero-order valence-electron chi connectivity index (χ0n) is 8.59. The number of aliphatic hydroxyl groups is 1. The van der Waals surface area contributed by atoms with Crippen LogP contribution in [-0.2, 0) is 0 Å². The Morgan fingerprint density at radius 2 is 2.20 bits per heavy atom. The van der Waals surface area contributed by atoms with Gasteiger partial charge < -0.3 is 15.7 Å². The zero-order chi connectivity index (χ0) is 10.7. The predicted molar refractivity (Wildman–Crippen MR) is 61.0 cm³/mol. The van der Waals surface area contributed by atoms with Crippen molar-refractivity contribution < 1.29 is 5.11 Å². The first-order valence-electron chi connectivity index (χ1n) is 5.28. The molecule has 0 aromatic carbocycles. The lowest BCUT2D eigenvalue weighted by molar-refractivity contribution is 0.297. The Hall–Kier alpha value is -0.880. The van der Waals surface area contributed by atoms with Gasteiger partial charge in [0.1, 0.15) is 0 Å². The zero-order valence-corrected chi connectivity index (χ0v) is 9.41. The van der Waals surface area contributed by atoms with Crippen molar-refractivity contribution in [2.75, 3.05) is 23.8 Å². The van der Waals surface area contributed by atoms with Crippen LogP contribution in [0.3, 0.4) is 0 Å².